The molecule has 0 saturated carbocycles. The summed E-state index contributed by atoms with van der Waals surface area (Å²) in [6.45, 7) is 7.97. The summed E-state index contributed by atoms with van der Waals surface area (Å²) < 4.78 is 10.6. The van der Waals surface area contributed by atoms with Gasteiger partial charge >= 0.3 is 5.97 Å². The number of ether oxygens (including phenoxy) is 2. The molecule has 1 atom stereocenters. The number of anilines is 2. The van der Waals surface area contributed by atoms with Crippen LogP contribution in [0.2, 0.25) is 0 Å². The van der Waals surface area contributed by atoms with E-state index in [1.165, 1.54) is 5.06 Å². The van der Waals surface area contributed by atoms with E-state index >= 15 is 0 Å². The number of aromatic nitrogens is 2. The van der Waals surface area contributed by atoms with Gasteiger partial charge in [0.15, 0.2) is 5.82 Å². The van der Waals surface area contributed by atoms with Crippen molar-refractivity contribution in [2.24, 2.45) is 0 Å². The highest BCUT2D eigenvalue weighted by Crippen LogP contribution is 2.30. The smallest absolute Gasteiger partial charge is 0.310 e. The lowest BCUT2D eigenvalue weighted by molar-refractivity contribution is -0.142. The lowest BCUT2D eigenvalue weighted by atomic mass is 10.00. The van der Waals surface area contributed by atoms with Crippen LogP contribution < -0.4 is 15.5 Å². The summed E-state index contributed by atoms with van der Waals surface area (Å²) in [5, 5.41) is 11.9. The number of carbonyl (C=O) groups is 1. The Balaban J connectivity index is 2.38. The van der Waals surface area contributed by atoms with Crippen molar-refractivity contribution in [2.45, 2.75) is 59.4 Å². The summed E-state index contributed by atoms with van der Waals surface area (Å²) in [7, 11) is 1.59. The lowest BCUT2D eigenvalue weighted by Crippen LogP contribution is -2.31. The Labute approximate surface area is 178 Å². The number of aryl methyl sites for hydroxylation is 1. The third-order valence-electron chi connectivity index (χ3n) is 4.92. The number of benzene rings is 1. The van der Waals surface area contributed by atoms with Crippen molar-refractivity contribution in [1.82, 2.24) is 9.97 Å². The summed E-state index contributed by atoms with van der Waals surface area (Å²) in [6, 6.07) is 5.49. The van der Waals surface area contributed by atoms with Crippen LogP contribution in [0.15, 0.2) is 18.2 Å². The van der Waals surface area contributed by atoms with E-state index in [1.54, 1.807) is 14.0 Å². The monoisotopic (exact) mass is 416 g/mol. The van der Waals surface area contributed by atoms with Crippen molar-refractivity contribution < 1.29 is 19.5 Å². The molecule has 0 spiro atoms. The Kier molecular flexibility index (Phi) is 8.41. The van der Waals surface area contributed by atoms with Crippen LogP contribution in [0.4, 0.5) is 11.8 Å². The summed E-state index contributed by atoms with van der Waals surface area (Å²) >= 11 is 0. The SMILES string of the molecule is CCCC(C)N(O)c1nc(N)nc(C)c1Cc1ccc(CC(=O)OCC)cc1OC. The van der Waals surface area contributed by atoms with Crippen LogP contribution in [0.5, 0.6) is 5.75 Å². The Bertz CT molecular complexity index is 872. The molecule has 30 heavy (non-hydrogen) atoms. The average molecular weight is 417 g/mol. The quantitative estimate of drug-likeness (QED) is 0.447. The molecule has 0 aliphatic heterocycles. The summed E-state index contributed by atoms with van der Waals surface area (Å²) in [6.07, 6.45) is 2.37. The van der Waals surface area contributed by atoms with Gasteiger partial charge < -0.3 is 15.2 Å². The molecule has 8 heteroatoms. The van der Waals surface area contributed by atoms with Crippen molar-refractivity contribution in [3.8, 4) is 5.75 Å². The van der Waals surface area contributed by atoms with Crippen LogP contribution >= 0.6 is 0 Å². The van der Waals surface area contributed by atoms with Crippen LogP contribution in [0.1, 0.15) is 56.0 Å². The Morgan fingerprint density at radius 1 is 1.30 bits per heavy atom. The van der Waals surface area contributed by atoms with Gasteiger partial charge in [0.25, 0.3) is 0 Å². The van der Waals surface area contributed by atoms with Gasteiger partial charge in [-0.3, -0.25) is 10.0 Å². The molecular weight excluding hydrogens is 384 g/mol. The van der Waals surface area contributed by atoms with E-state index in [0.29, 0.717) is 30.3 Å². The normalized spacial score (nSPS) is 11.8. The Hall–Kier alpha value is -2.87. The number of nitrogen functional groups attached to an aromatic ring is 1. The van der Waals surface area contributed by atoms with E-state index in [9.17, 15) is 10.0 Å². The summed E-state index contributed by atoms with van der Waals surface area (Å²) in [5.74, 6) is 0.882. The topological polar surface area (TPSA) is 111 Å². The molecule has 3 N–H and O–H groups in total. The van der Waals surface area contributed by atoms with Gasteiger partial charge in [-0.05, 0) is 44.4 Å². The summed E-state index contributed by atoms with van der Waals surface area (Å²) in [5.41, 5.74) is 9.01. The zero-order chi connectivity index (χ0) is 22.3. The molecule has 2 rings (SSSR count). The molecule has 8 nitrogen and oxygen atoms in total. The third kappa shape index (κ3) is 5.82. The molecule has 0 aliphatic rings. The minimum atomic E-state index is -0.279. The highest BCUT2D eigenvalue weighted by molar-refractivity contribution is 5.72. The maximum Gasteiger partial charge on any atom is 0.310 e. The van der Waals surface area contributed by atoms with Gasteiger partial charge in [0.2, 0.25) is 5.95 Å². The van der Waals surface area contributed by atoms with Gasteiger partial charge in [-0.2, -0.15) is 4.98 Å². The Morgan fingerprint density at radius 2 is 2.03 bits per heavy atom. The first-order valence-corrected chi connectivity index (χ1v) is 10.2. The molecule has 0 aliphatic carbocycles. The first kappa shape index (κ1) is 23.4. The van der Waals surface area contributed by atoms with E-state index < -0.39 is 0 Å². The van der Waals surface area contributed by atoms with Gasteiger partial charge in [0.05, 0.1) is 26.2 Å². The van der Waals surface area contributed by atoms with Crippen molar-refractivity contribution in [2.75, 3.05) is 24.5 Å². The van der Waals surface area contributed by atoms with E-state index in [1.807, 2.05) is 32.0 Å². The zero-order valence-corrected chi connectivity index (χ0v) is 18.4. The molecule has 0 radical (unpaired) electrons. The van der Waals surface area contributed by atoms with Gasteiger partial charge in [0, 0.05) is 17.7 Å². The van der Waals surface area contributed by atoms with Gasteiger partial charge in [-0.15, -0.1) is 0 Å². The van der Waals surface area contributed by atoms with Crippen molar-refractivity contribution in [3.63, 3.8) is 0 Å². The number of hydrogen-bond donors (Lipinski definition) is 2. The van der Waals surface area contributed by atoms with E-state index in [-0.39, 0.29) is 24.4 Å². The molecular formula is C22H32N4O4. The van der Waals surface area contributed by atoms with Crippen molar-refractivity contribution >= 4 is 17.7 Å². The minimum absolute atomic E-state index is 0.115. The molecule has 0 bridgehead atoms. The molecule has 1 unspecified atom stereocenters. The lowest BCUT2D eigenvalue weighted by Gasteiger charge is -2.26. The molecule has 0 amide bonds. The second kappa shape index (κ2) is 10.8. The van der Waals surface area contributed by atoms with Crippen molar-refractivity contribution in [3.05, 3.63) is 40.6 Å². The first-order valence-electron chi connectivity index (χ1n) is 10.2. The predicted octanol–water partition coefficient (Wildman–Crippen LogP) is 3.46. The number of rotatable bonds is 10. The van der Waals surface area contributed by atoms with Gasteiger partial charge in [-0.1, -0.05) is 25.5 Å². The second-order valence-electron chi connectivity index (χ2n) is 7.26. The number of methoxy groups -OCH3 is 1. The number of nitrogens with zero attached hydrogens (tertiary/aromatic N) is 3. The van der Waals surface area contributed by atoms with Gasteiger partial charge in [0.1, 0.15) is 5.75 Å². The van der Waals surface area contributed by atoms with Crippen LogP contribution in [-0.2, 0) is 22.4 Å². The van der Waals surface area contributed by atoms with Gasteiger partial charge in [-0.25, -0.2) is 10.0 Å². The highest BCUT2D eigenvalue weighted by atomic mass is 16.5. The molecule has 1 aromatic carbocycles. The fourth-order valence-electron chi connectivity index (χ4n) is 3.36. The van der Waals surface area contributed by atoms with Crippen LogP contribution in [0.3, 0.4) is 0 Å². The molecule has 164 valence electrons. The second-order valence-corrected chi connectivity index (χ2v) is 7.26. The number of nitrogens with two attached hydrogens (primary N) is 1. The first-order chi connectivity index (χ1) is 14.3. The van der Waals surface area contributed by atoms with Crippen molar-refractivity contribution in [1.29, 1.82) is 0 Å². The number of hydrogen-bond acceptors (Lipinski definition) is 8. The average Bonchev–Trinajstić information content (AvgIpc) is 2.70. The summed E-state index contributed by atoms with van der Waals surface area (Å²) in [4.78, 5) is 20.4. The minimum Gasteiger partial charge on any atom is -0.496 e. The molecule has 1 heterocycles. The number of esters is 1. The number of hydroxylamine groups is 1. The van der Waals surface area contributed by atoms with E-state index in [0.717, 1.165) is 29.5 Å². The van der Waals surface area contributed by atoms with Crippen LogP contribution in [0, 0.1) is 6.92 Å². The van der Waals surface area contributed by atoms with Crippen LogP contribution in [-0.4, -0.2) is 40.9 Å². The maximum atomic E-state index is 11.8. The highest BCUT2D eigenvalue weighted by Gasteiger charge is 2.21. The maximum absolute atomic E-state index is 11.8. The largest absolute Gasteiger partial charge is 0.496 e. The molecule has 0 fully saturated rings. The zero-order valence-electron chi connectivity index (χ0n) is 18.4. The van der Waals surface area contributed by atoms with E-state index in [2.05, 4.69) is 16.9 Å². The van der Waals surface area contributed by atoms with Crippen LogP contribution in [0.25, 0.3) is 0 Å². The predicted molar refractivity (Wildman–Crippen MR) is 116 cm³/mol. The fraction of sp³-hybridized carbons (Fsp3) is 0.500. The molecule has 0 saturated heterocycles. The van der Waals surface area contributed by atoms with E-state index in [4.69, 9.17) is 15.2 Å². The fourth-order valence-corrected chi connectivity index (χ4v) is 3.36. The third-order valence-corrected chi connectivity index (χ3v) is 4.92. The molecule has 2 aromatic rings. The Morgan fingerprint density at radius 3 is 2.67 bits per heavy atom. The standard InChI is InChI=1S/C22H32N4O4/c1-6-8-14(3)26(28)21-18(15(4)24-22(23)25-21)13-17-10-9-16(11-19(17)29-5)12-20(27)30-7-2/h9-11,14,28H,6-8,12-13H2,1-5H3,(H2,23,24,25). The number of carbonyl (C=O) groups excluding carboxylic acids is 1. The molecule has 1 aromatic heterocycles.